The zero-order valence-corrected chi connectivity index (χ0v) is 10.4. The molecule has 0 radical (unpaired) electrons. The maximum atomic E-state index is 11.3. The van der Waals surface area contributed by atoms with Gasteiger partial charge in [-0.25, -0.2) is 4.79 Å². The van der Waals surface area contributed by atoms with Crippen molar-refractivity contribution in [2.24, 2.45) is 5.92 Å². The van der Waals surface area contributed by atoms with E-state index < -0.39 is 0 Å². The van der Waals surface area contributed by atoms with Crippen molar-refractivity contribution in [3.05, 3.63) is 35.4 Å². The summed E-state index contributed by atoms with van der Waals surface area (Å²) in [5, 5.41) is 3.53. The SMILES string of the molecule is COC(=O)c1ccc([C@H]2CC[C@@H](C)CN2)cc1. The predicted molar refractivity (Wildman–Crippen MR) is 66.9 cm³/mol. The minimum atomic E-state index is -0.276. The van der Waals surface area contributed by atoms with E-state index in [1.807, 2.05) is 24.3 Å². The number of benzene rings is 1. The molecule has 1 heterocycles. The molecular formula is C14H19NO2. The molecular weight excluding hydrogens is 214 g/mol. The lowest BCUT2D eigenvalue weighted by atomic mass is 9.92. The molecule has 0 aromatic heterocycles. The van der Waals surface area contributed by atoms with E-state index in [-0.39, 0.29) is 5.97 Å². The second-order valence-corrected chi connectivity index (χ2v) is 4.76. The molecule has 0 saturated carbocycles. The maximum absolute atomic E-state index is 11.3. The molecule has 0 spiro atoms. The number of carbonyl (C=O) groups excluding carboxylic acids is 1. The summed E-state index contributed by atoms with van der Waals surface area (Å²) in [5.74, 6) is 0.488. The number of hydrogen-bond acceptors (Lipinski definition) is 3. The van der Waals surface area contributed by atoms with Crippen LogP contribution in [0.25, 0.3) is 0 Å². The van der Waals surface area contributed by atoms with Gasteiger partial charge in [0.05, 0.1) is 12.7 Å². The minimum Gasteiger partial charge on any atom is -0.465 e. The Morgan fingerprint density at radius 1 is 1.29 bits per heavy atom. The summed E-state index contributed by atoms with van der Waals surface area (Å²) in [7, 11) is 1.40. The Hall–Kier alpha value is -1.35. The van der Waals surface area contributed by atoms with Crippen molar-refractivity contribution in [1.82, 2.24) is 5.32 Å². The van der Waals surface area contributed by atoms with Crippen molar-refractivity contribution in [1.29, 1.82) is 0 Å². The molecule has 92 valence electrons. The van der Waals surface area contributed by atoms with E-state index >= 15 is 0 Å². The molecule has 3 heteroatoms. The molecule has 0 unspecified atom stereocenters. The van der Waals surface area contributed by atoms with Crippen molar-refractivity contribution in [3.8, 4) is 0 Å². The molecule has 1 aliphatic rings. The maximum Gasteiger partial charge on any atom is 0.337 e. The molecule has 0 bridgehead atoms. The summed E-state index contributed by atoms with van der Waals surface area (Å²) in [5.41, 5.74) is 1.87. The largest absolute Gasteiger partial charge is 0.465 e. The molecule has 1 aromatic carbocycles. The van der Waals surface area contributed by atoms with Gasteiger partial charge in [0.25, 0.3) is 0 Å². The highest BCUT2D eigenvalue weighted by molar-refractivity contribution is 5.89. The summed E-state index contributed by atoms with van der Waals surface area (Å²) in [6, 6.07) is 8.12. The lowest BCUT2D eigenvalue weighted by Crippen LogP contribution is -2.31. The summed E-state index contributed by atoms with van der Waals surface area (Å²) in [4.78, 5) is 11.3. The van der Waals surface area contributed by atoms with Gasteiger partial charge >= 0.3 is 5.97 Å². The zero-order valence-electron chi connectivity index (χ0n) is 10.4. The number of hydrogen-bond donors (Lipinski definition) is 1. The third kappa shape index (κ3) is 2.86. The van der Waals surface area contributed by atoms with E-state index in [0.717, 1.165) is 12.5 Å². The Morgan fingerprint density at radius 2 is 2.00 bits per heavy atom. The van der Waals surface area contributed by atoms with E-state index in [9.17, 15) is 4.79 Å². The number of rotatable bonds is 2. The minimum absolute atomic E-state index is 0.276. The standard InChI is InChI=1S/C14H19NO2/c1-10-3-8-13(15-9-10)11-4-6-12(7-5-11)14(16)17-2/h4-7,10,13,15H,3,8-9H2,1-2H3/t10-,13-/m1/s1. The highest BCUT2D eigenvalue weighted by Crippen LogP contribution is 2.25. The Kier molecular flexibility index (Phi) is 3.79. The fraction of sp³-hybridized carbons (Fsp3) is 0.500. The lowest BCUT2D eigenvalue weighted by Gasteiger charge is -2.28. The number of methoxy groups -OCH3 is 1. The van der Waals surface area contributed by atoms with Gasteiger partial charge in [0.1, 0.15) is 0 Å². The van der Waals surface area contributed by atoms with Gasteiger partial charge in [-0.1, -0.05) is 19.1 Å². The van der Waals surface area contributed by atoms with E-state index in [2.05, 4.69) is 17.0 Å². The molecule has 3 nitrogen and oxygen atoms in total. The quantitative estimate of drug-likeness (QED) is 0.798. The number of ether oxygens (including phenoxy) is 1. The van der Waals surface area contributed by atoms with Crippen molar-refractivity contribution >= 4 is 5.97 Å². The third-order valence-corrected chi connectivity index (χ3v) is 3.40. The molecule has 2 atom stereocenters. The molecule has 2 rings (SSSR count). The topological polar surface area (TPSA) is 38.3 Å². The van der Waals surface area contributed by atoms with Crippen molar-refractivity contribution < 1.29 is 9.53 Å². The molecule has 0 aliphatic carbocycles. The van der Waals surface area contributed by atoms with Crippen molar-refractivity contribution in [2.45, 2.75) is 25.8 Å². The van der Waals surface area contributed by atoms with Crippen LogP contribution in [0.1, 0.15) is 41.7 Å². The Labute approximate surface area is 102 Å². The monoisotopic (exact) mass is 233 g/mol. The number of nitrogens with one attached hydrogen (secondary N) is 1. The average Bonchev–Trinajstić information content (AvgIpc) is 2.39. The van der Waals surface area contributed by atoms with E-state index in [4.69, 9.17) is 0 Å². The van der Waals surface area contributed by atoms with Crippen LogP contribution in [0.4, 0.5) is 0 Å². The van der Waals surface area contributed by atoms with Gasteiger partial charge in [0.2, 0.25) is 0 Å². The van der Waals surface area contributed by atoms with Gasteiger partial charge in [0.15, 0.2) is 0 Å². The Morgan fingerprint density at radius 3 is 2.53 bits per heavy atom. The fourth-order valence-corrected chi connectivity index (χ4v) is 2.25. The van der Waals surface area contributed by atoms with Crippen LogP contribution < -0.4 is 5.32 Å². The van der Waals surface area contributed by atoms with Crippen LogP contribution in [0.15, 0.2) is 24.3 Å². The number of piperidine rings is 1. The van der Waals surface area contributed by atoms with Gasteiger partial charge in [-0.15, -0.1) is 0 Å². The Bertz CT molecular complexity index is 378. The van der Waals surface area contributed by atoms with E-state index in [0.29, 0.717) is 11.6 Å². The molecule has 1 saturated heterocycles. The second kappa shape index (κ2) is 5.32. The molecule has 1 fully saturated rings. The van der Waals surface area contributed by atoms with E-state index in [1.165, 1.54) is 25.5 Å². The highest BCUT2D eigenvalue weighted by atomic mass is 16.5. The number of carbonyl (C=O) groups is 1. The van der Waals surface area contributed by atoms with Crippen LogP contribution >= 0.6 is 0 Å². The molecule has 17 heavy (non-hydrogen) atoms. The van der Waals surface area contributed by atoms with Gasteiger partial charge in [0, 0.05) is 6.04 Å². The molecule has 1 aliphatic heterocycles. The molecule has 0 amide bonds. The average molecular weight is 233 g/mol. The predicted octanol–water partition coefficient (Wildman–Crippen LogP) is 2.53. The summed E-state index contributed by atoms with van der Waals surface area (Å²) < 4.78 is 4.68. The van der Waals surface area contributed by atoms with Crippen LogP contribution in [-0.2, 0) is 4.74 Å². The summed E-state index contributed by atoms with van der Waals surface area (Å²) in [6.07, 6.45) is 2.43. The van der Waals surface area contributed by atoms with Crippen molar-refractivity contribution in [2.75, 3.05) is 13.7 Å². The van der Waals surface area contributed by atoms with Crippen molar-refractivity contribution in [3.63, 3.8) is 0 Å². The highest BCUT2D eigenvalue weighted by Gasteiger charge is 2.18. The first kappa shape index (κ1) is 12.1. The van der Waals surface area contributed by atoms with Gasteiger partial charge in [-0.05, 0) is 43.0 Å². The lowest BCUT2D eigenvalue weighted by molar-refractivity contribution is 0.0600. The van der Waals surface area contributed by atoms with Gasteiger partial charge in [-0.3, -0.25) is 0 Å². The van der Waals surface area contributed by atoms with Crippen LogP contribution in [0.2, 0.25) is 0 Å². The zero-order chi connectivity index (χ0) is 12.3. The van der Waals surface area contributed by atoms with Gasteiger partial charge < -0.3 is 10.1 Å². The molecule has 1 aromatic rings. The smallest absolute Gasteiger partial charge is 0.337 e. The molecule has 1 N–H and O–H groups in total. The Balaban J connectivity index is 2.05. The first-order chi connectivity index (χ1) is 8.20. The second-order valence-electron chi connectivity index (χ2n) is 4.76. The first-order valence-corrected chi connectivity index (χ1v) is 6.12. The van der Waals surface area contributed by atoms with Crippen LogP contribution in [0.3, 0.4) is 0 Å². The summed E-state index contributed by atoms with van der Waals surface area (Å²) in [6.45, 7) is 3.34. The van der Waals surface area contributed by atoms with Gasteiger partial charge in [-0.2, -0.15) is 0 Å². The van der Waals surface area contributed by atoms with Crippen LogP contribution in [0.5, 0.6) is 0 Å². The number of esters is 1. The van der Waals surface area contributed by atoms with Crippen LogP contribution in [-0.4, -0.2) is 19.6 Å². The normalized spacial score (nSPS) is 24.4. The first-order valence-electron chi connectivity index (χ1n) is 6.12. The fourth-order valence-electron chi connectivity index (χ4n) is 2.25. The van der Waals surface area contributed by atoms with E-state index in [1.54, 1.807) is 0 Å². The third-order valence-electron chi connectivity index (χ3n) is 3.40. The van der Waals surface area contributed by atoms with Crippen LogP contribution in [0, 0.1) is 5.92 Å². The summed E-state index contributed by atoms with van der Waals surface area (Å²) >= 11 is 0.